The van der Waals surface area contributed by atoms with Gasteiger partial charge in [-0.15, -0.1) is 11.3 Å². The number of hydrazone groups is 1. The van der Waals surface area contributed by atoms with Gasteiger partial charge in [-0.1, -0.05) is 29.3 Å². The number of hydrogen-bond acceptors (Lipinski definition) is 5. The van der Waals surface area contributed by atoms with Gasteiger partial charge in [-0.25, -0.2) is 4.98 Å². The Bertz CT molecular complexity index is 802. The zero-order valence-corrected chi connectivity index (χ0v) is 13.5. The predicted octanol–water partition coefficient (Wildman–Crippen LogP) is 4.96. The minimum Gasteiger partial charge on any atom is -0.264 e. The Morgan fingerprint density at radius 2 is 2.14 bits per heavy atom. The standard InChI is InChI=1S/C15H10Cl2N4S/c16-11-3-4-12(13(17)6-11)14-9-22-15(20-14)21-19-8-10-2-1-5-18-7-10/h1-9H,(H,20,21)/b19-8-. The first-order valence-corrected chi connectivity index (χ1v) is 7.96. The van der Waals surface area contributed by atoms with Gasteiger partial charge in [0.15, 0.2) is 0 Å². The summed E-state index contributed by atoms with van der Waals surface area (Å²) < 4.78 is 0. The van der Waals surface area contributed by atoms with E-state index in [4.69, 9.17) is 23.2 Å². The molecule has 0 bridgehead atoms. The molecule has 0 aliphatic heterocycles. The number of rotatable bonds is 4. The van der Waals surface area contributed by atoms with E-state index in [0.29, 0.717) is 15.2 Å². The molecule has 0 atom stereocenters. The van der Waals surface area contributed by atoms with E-state index in [9.17, 15) is 0 Å². The summed E-state index contributed by atoms with van der Waals surface area (Å²) in [5.41, 5.74) is 5.43. The van der Waals surface area contributed by atoms with Gasteiger partial charge < -0.3 is 0 Å². The SMILES string of the molecule is Clc1ccc(-c2csc(N/N=C\c3cccnc3)n2)c(Cl)c1. The average Bonchev–Trinajstić information content (AvgIpc) is 2.97. The van der Waals surface area contributed by atoms with Crippen molar-refractivity contribution in [1.82, 2.24) is 9.97 Å². The summed E-state index contributed by atoms with van der Waals surface area (Å²) in [5.74, 6) is 0. The van der Waals surface area contributed by atoms with Crippen molar-refractivity contribution in [2.45, 2.75) is 0 Å². The minimum absolute atomic E-state index is 0.572. The van der Waals surface area contributed by atoms with Crippen LogP contribution in [0.2, 0.25) is 10.0 Å². The van der Waals surface area contributed by atoms with Crippen molar-refractivity contribution in [3.8, 4) is 11.3 Å². The minimum atomic E-state index is 0.572. The van der Waals surface area contributed by atoms with Crippen LogP contribution in [0.4, 0.5) is 5.13 Å². The summed E-state index contributed by atoms with van der Waals surface area (Å²) in [4.78, 5) is 8.47. The monoisotopic (exact) mass is 348 g/mol. The molecule has 3 aromatic rings. The number of nitrogens with one attached hydrogen (secondary N) is 1. The van der Waals surface area contributed by atoms with Crippen LogP contribution in [0.5, 0.6) is 0 Å². The Morgan fingerprint density at radius 1 is 1.23 bits per heavy atom. The van der Waals surface area contributed by atoms with E-state index < -0.39 is 0 Å². The second kappa shape index (κ2) is 6.87. The molecular weight excluding hydrogens is 339 g/mol. The van der Waals surface area contributed by atoms with Crippen molar-refractivity contribution in [2.75, 3.05) is 5.43 Å². The van der Waals surface area contributed by atoms with Crippen LogP contribution >= 0.6 is 34.5 Å². The molecule has 0 unspecified atom stereocenters. The highest BCUT2D eigenvalue weighted by Gasteiger charge is 2.08. The number of aromatic nitrogens is 2. The molecule has 2 heterocycles. The second-order valence-corrected chi connectivity index (χ2v) is 6.02. The molecule has 4 nitrogen and oxygen atoms in total. The molecule has 0 fully saturated rings. The molecule has 3 rings (SSSR count). The van der Waals surface area contributed by atoms with Crippen LogP contribution in [0.3, 0.4) is 0 Å². The van der Waals surface area contributed by atoms with Crippen LogP contribution in [-0.4, -0.2) is 16.2 Å². The average molecular weight is 349 g/mol. The molecule has 1 N–H and O–H groups in total. The van der Waals surface area contributed by atoms with Crippen molar-refractivity contribution >= 4 is 45.9 Å². The number of hydrogen-bond donors (Lipinski definition) is 1. The number of pyridine rings is 1. The van der Waals surface area contributed by atoms with E-state index in [1.165, 1.54) is 11.3 Å². The normalized spacial score (nSPS) is 11.0. The summed E-state index contributed by atoms with van der Waals surface area (Å²) in [7, 11) is 0. The maximum absolute atomic E-state index is 6.18. The van der Waals surface area contributed by atoms with Crippen molar-refractivity contribution in [1.29, 1.82) is 0 Å². The second-order valence-electron chi connectivity index (χ2n) is 4.32. The Labute approximate surface area is 141 Å². The third kappa shape index (κ3) is 3.62. The zero-order valence-electron chi connectivity index (χ0n) is 11.2. The molecule has 0 aliphatic carbocycles. The number of halogens is 2. The Kier molecular flexibility index (Phi) is 4.68. The highest BCUT2D eigenvalue weighted by atomic mass is 35.5. The molecule has 0 aliphatic rings. The maximum Gasteiger partial charge on any atom is 0.203 e. The van der Waals surface area contributed by atoms with E-state index in [2.05, 4.69) is 20.5 Å². The first-order valence-electron chi connectivity index (χ1n) is 6.32. The number of anilines is 1. The molecule has 110 valence electrons. The summed E-state index contributed by atoms with van der Waals surface area (Å²) in [6, 6.07) is 9.11. The van der Waals surface area contributed by atoms with Gasteiger partial charge >= 0.3 is 0 Å². The van der Waals surface area contributed by atoms with E-state index in [-0.39, 0.29) is 0 Å². The fourth-order valence-electron chi connectivity index (χ4n) is 1.76. The molecule has 22 heavy (non-hydrogen) atoms. The Morgan fingerprint density at radius 3 is 2.91 bits per heavy atom. The van der Waals surface area contributed by atoms with E-state index in [1.54, 1.807) is 30.7 Å². The van der Waals surface area contributed by atoms with Crippen molar-refractivity contribution in [3.05, 3.63) is 63.7 Å². The van der Waals surface area contributed by atoms with Crippen LogP contribution in [0.15, 0.2) is 53.2 Å². The van der Waals surface area contributed by atoms with Crippen LogP contribution in [0.25, 0.3) is 11.3 Å². The lowest BCUT2D eigenvalue weighted by atomic mass is 10.2. The first kappa shape index (κ1) is 15.0. The van der Waals surface area contributed by atoms with Crippen LogP contribution < -0.4 is 5.43 Å². The van der Waals surface area contributed by atoms with Crippen LogP contribution in [-0.2, 0) is 0 Å². The number of thiazole rings is 1. The molecular formula is C15H10Cl2N4S. The molecule has 1 aromatic carbocycles. The fourth-order valence-corrected chi connectivity index (χ4v) is 2.93. The smallest absolute Gasteiger partial charge is 0.203 e. The molecule has 0 saturated carbocycles. The van der Waals surface area contributed by atoms with Gasteiger partial charge in [0.05, 0.1) is 16.9 Å². The maximum atomic E-state index is 6.18. The Hall–Kier alpha value is -1.95. The van der Waals surface area contributed by atoms with Crippen molar-refractivity contribution in [3.63, 3.8) is 0 Å². The summed E-state index contributed by atoms with van der Waals surface area (Å²) in [6.07, 6.45) is 5.13. The Balaban J connectivity index is 1.73. The molecule has 0 saturated heterocycles. The molecule has 0 radical (unpaired) electrons. The van der Waals surface area contributed by atoms with Gasteiger partial charge in [0.2, 0.25) is 5.13 Å². The molecule has 0 amide bonds. The fraction of sp³-hybridized carbons (Fsp3) is 0. The predicted molar refractivity (Wildman–Crippen MR) is 93.0 cm³/mol. The molecule has 7 heteroatoms. The van der Waals surface area contributed by atoms with E-state index in [0.717, 1.165) is 16.8 Å². The first-order chi connectivity index (χ1) is 10.7. The number of nitrogens with zero attached hydrogens (tertiary/aromatic N) is 3. The third-order valence-corrected chi connectivity index (χ3v) is 4.06. The van der Waals surface area contributed by atoms with Gasteiger partial charge in [0.25, 0.3) is 0 Å². The lowest BCUT2D eigenvalue weighted by Crippen LogP contribution is -1.90. The lowest BCUT2D eigenvalue weighted by molar-refractivity contribution is 1.28. The summed E-state index contributed by atoms with van der Waals surface area (Å²) >= 11 is 13.5. The van der Waals surface area contributed by atoms with Gasteiger partial charge in [0.1, 0.15) is 0 Å². The van der Waals surface area contributed by atoms with Gasteiger partial charge in [-0.05, 0) is 24.3 Å². The van der Waals surface area contributed by atoms with Crippen LogP contribution in [0, 0.1) is 0 Å². The molecule has 0 spiro atoms. The third-order valence-electron chi connectivity index (χ3n) is 2.77. The summed E-state index contributed by atoms with van der Waals surface area (Å²) in [5, 5.41) is 7.90. The van der Waals surface area contributed by atoms with Gasteiger partial charge in [-0.3, -0.25) is 10.4 Å². The van der Waals surface area contributed by atoms with Gasteiger partial charge in [0, 0.05) is 33.9 Å². The summed E-state index contributed by atoms with van der Waals surface area (Å²) in [6.45, 7) is 0. The largest absolute Gasteiger partial charge is 0.264 e. The van der Waals surface area contributed by atoms with E-state index in [1.807, 2.05) is 23.6 Å². The van der Waals surface area contributed by atoms with Crippen LogP contribution in [0.1, 0.15) is 5.56 Å². The van der Waals surface area contributed by atoms with Crippen molar-refractivity contribution < 1.29 is 0 Å². The molecule has 2 aromatic heterocycles. The topological polar surface area (TPSA) is 50.2 Å². The lowest BCUT2D eigenvalue weighted by Gasteiger charge is -2.00. The zero-order chi connectivity index (χ0) is 15.4. The van der Waals surface area contributed by atoms with Crippen molar-refractivity contribution in [2.24, 2.45) is 5.10 Å². The van der Waals surface area contributed by atoms with Gasteiger partial charge in [-0.2, -0.15) is 5.10 Å². The van der Waals surface area contributed by atoms with E-state index >= 15 is 0 Å². The number of benzene rings is 1. The highest BCUT2D eigenvalue weighted by molar-refractivity contribution is 7.14. The quantitative estimate of drug-likeness (QED) is 0.535. The highest BCUT2D eigenvalue weighted by Crippen LogP contribution is 2.32.